The topological polar surface area (TPSA) is 91.8 Å². The quantitative estimate of drug-likeness (QED) is 0.868. The van der Waals surface area contributed by atoms with Crippen LogP contribution in [0.5, 0.6) is 0 Å². The summed E-state index contributed by atoms with van der Waals surface area (Å²) in [5.74, 6) is -1.06. The first-order valence-electron chi connectivity index (χ1n) is 6.63. The maximum atomic E-state index is 12.1. The Morgan fingerprint density at radius 2 is 2.24 bits per heavy atom. The van der Waals surface area contributed by atoms with E-state index in [0.29, 0.717) is 11.7 Å². The molecule has 1 aromatic heterocycles. The van der Waals surface area contributed by atoms with E-state index in [9.17, 15) is 9.59 Å². The average Bonchev–Trinajstić information content (AvgIpc) is 2.87. The fourth-order valence-electron chi connectivity index (χ4n) is 1.83. The van der Waals surface area contributed by atoms with E-state index in [-0.39, 0.29) is 24.6 Å². The zero-order chi connectivity index (χ0) is 15.6. The maximum Gasteiger partial charge on any atom is 0.334 e. The lowest BCUT2D eigenvalue weighted by atomic mass is 9.93. The molecule has 1 saturated heterocycles. The lowest BCUT2D eigenvalue weighted by molar-refractivity contribution is -0.154. The smallest absolute Gasteiger partial charge is 0.334 e. The number of rotatable bonds is 2. The number of amides is 2. The van der Waals surface area contributed by atoms with Gasteiger partial charge in [-0.1, -0.05) is 20.8 Å². The first-order chi connectivity index (χ1) is 9.77. The van der Waals surface area contributed by atoms with E-state index < -0.39 is 12.1 Å². The molecule has 1 unspecified atom stereocenters. The minimum Gasteiger partial charge on any atom is -0.479 e. The lowest BCUT2D eigenvalue weighted by Crippen LogP contribution is -2.49. The van der Waals surface area contributed by atoms with Gasteiger partial charge in [-0.05, 0) is 0 Å². The molecule has 1 atom stereocenters. The van der Waals surface area contributed by atoms with Crippen LogP contribution in [-0.2, 0) is 14.9 Å². The van der Waals surface area contributed by atoms with Gasteiger partial charge in [0, 0.05) is 17.3 Å². The van der Waals surface area contributed by atoms with Crippen LogP contribution in [0.2, 0.25) is 0 Å². The van der Waals surface area contributed by atoms with Gasteiger partial charge >= 0.3 is 12.0 Å². The Bertz CT molecular complexity index is 538. The van der Waals surface area contributed by atoms with Crippen molar-refractivity contribution in [1.82, 2.24) is 9.88 Å². The highest BCUT2D eigenvalue weighted by Gasteiger charge is 2.29. The minimum absolute atomic E-state index is 0.0403. The maximum absolute atomic E-state index is 12.1. The number of ether oxygens (including phenoxy) is 1. The molecule has 1 aliphatic heterocycles. The second kappa shape index (κ2) is 5.98. The minimum atomic E-state index is -1.06. The van der Waals surface area contributed by atoms with Gasteiger partial charge in [-0.3, -0.25) is 5.32 Å². The van der Waals surface area contributed by atoms with Gasteiger partial charge in [0.25, 0.3) is 0 Å². The SMILES string of the molecule is CC(C)(C)c1csc(NC(=O)N2CCOC(C(=O)O)C2)n1. The zero-order valence-electron chi connectivity index (χ0n) is 12.3. The third kappa shape index (κ3) is 3.92. The van der Waals surface area contributed by atoms with E-state index in [4.69, 9.17) is 9.84 Å². The molecule has 21 heavy (non-hydrogen) atoms. The van der Waals surface area contributed by atoms with Crippen molar-refractivity contribution in [2.24, 2.45) is 0 Å². The highest BCUT2D eigenvalue weighted by atomic mass is 32.1. The Balaban J connectivity index is 1.98. The number of carboxylic acid groups (broad SMARTS) is 1. The molecule has 116 valence electrons. The number of urea groups is 1. The van der Waals surface area contributed by atoms with Crippen LogP contribution < -0.4 is 5.32 Å². The number of anilines is 1. The highest BCUT2D eigenvalue weighted by Crippen LogP contribution is 2.26. The van der Waals surface area contributed by atoms with Gasteiger partial charge < -0.3 is 14.7 Å². The Kier molecular flexibility index (Phi) is 4.48. The van der Waals surface area contributed by atoms with Gasteiger partial charge in [-0.2, -0.15) is 0 Å². The first kappa shape index (κ1) is 15.7. The summed E-state index contributed by atoms with van der Waals surface area (Å²) in [6.07, 6.45) is -0.967. The second-order valence-electron chi connectivity index (χ2n) is 5.86. The zero-order valence-corrected chi connectivity index (χ0v) is 13.1. The Labute approximate surface area is 126 Å². The molecule has 2 heterocycles. The van der Waals surface area contributed by atoms with Gasteiger partial charge in [-0.25, -0.2) is 14.6 Å². The molecule has 8 heteroatoms. The lowest BCUT2D eigenvalue weighted by Gasteiger charge is -2.30. The molecule has 0 aromatic carbocycles. The van der Waals surface area contributed by atoms with E-state index in [0.717, 1.165) is 5.69 Å². The van der Waals surface area contributed by atoms with Gasteiger partial charge in [-0.15, -0.1) is 11.3 Å². The number of hydrogen-bond acceptors (Lipinski definition) is 5. The summed E-state index contributed by atoms with van der Waals surface area (Å²) in [4.78, 5) is 28.8. The molecule has 2 amide bonds. The monoisotopic (exact) mass is 313 g/mol. The van der Waals surface area contributed by atoms with Crippen LogP contribution >= 0.6 is 11.3 Å². The van der Waals surface area contributed by atoms with Gasteiger partial charge in [0.05, 0.1) is 18.8 Å². The summed E-state index contributed by atoms with van der Waals surface area (Å²) in [7, 11) is 0. The number of hydrogen-bond donors (Lipinski definition) is 2. The van der Waals surface area contributed by atoms with Crippen molar-refractivity contribution < 1.29 is 19.4 Å². The molecule has 7 nitrogen and oxygen atoms in total. The number of thiazole rings is 1. The highest BCUT2D eigenvalue weighted by molar-refractivity contribution is 7.13. The van der Waals surface area contributed by atoms with E-state index in [2.05, 4.69) is 10.3 Å². The molecule has 0 aliphatic carbocycles. The molecule has 2 N–H and O–H groups in total. The fourth-order valence-corrected chi connectivity index (χ4v) is 2.76. The molecule has 1 aromatic rings. The standard InChI is InChI=1S/C13H19N3O4S/c1-13(2,3)9-7-21-11(14-9)15-12(19)16-4-5-20-8(6-16)10(17)18/h7-8H,4-6H2,1-3H3,(H,17,18)(H,14,15,19). The Morgan fingerprint density at radius 1 is 1.52 bits per heavy atom. The molecule has 2 rings (SSSR count). The first-order valence-corrected chi connectivity index (χ1v) is 7.51. The summed E-state index contributed by atoms with van der Waals surface area (Å²) in [6, 6.07) is -0.348. The van der Waals surface area contributed by atoms with E-state index in [1.54, 1.807) is 0 Å². The van der Waals surface area contributed by atoms with Crippen molar-refractivity contribution in [3.05, 3.63) is 11.1 Å². The van der Waals surface area contributed by atoms with Crippen molar-refractivity contribution in [2.75, 3.05) is 25.0 Å². The van der Waals surface area contributed by atoms with Crippen LogP contribution in [-0.4, -0.2) is 52.8 Å². The normalized spacial score (nSPS) is 19.4. The van der Waals surface area contributed by atoms with Crippen LogP contribution in [0, 0.1) is 0 Å². The molecular formula is C13H19N3O4S. The number of nitrogens with zero attached hydrogens (tertiary/aromatic N) is 2. The predicted octanol–water partition coefficient (Wildman–Crippen LogP) is 1.76. The van der Waals surface area contributed by atoms with Crippen molar-refractivity contribution in [3.63, 3.8) is 0 Å². The molecule has 0 spiro atoms. The van der Waals surface area contributed by atoms with Crippen molar-refractivity contribution in [3.8, 4) is 0 Å². The molecule has 0 radical (unpaired) electrons. The summed E-state index contributed by atoms with van der Waals surface area (Å²) in [5, 5.41) is 14.1. The van der Waals surface area contributed by atoms with Crippen LogP contribution in [0.3, 0.4) is 0 Å². The number of morpholine rings is 1. The van der Waals surface area contributed by atoms with Gasteiger partial charge in [0.2, 0.25) is 0 Å². The molecule has 0 bridgehead atoms. The van der Waals surface area contributed by atoms with Gasteiger partial charge in [0.15, 0.2) is 11.2 Å². The van der Waals surface area contributed by atoms with Gasteiger partial charge in [0.1, 0.15) is 0 Å². The Morgan fingerprint density at radius 3 is 2.81 bits per heavy atom. The van der Waals surface area contributed by atoms with Crippen LogP contribution in [0.25, 0.3) is 0 Å². The van der Waals surface area contributed by atoms with Crippen molar-refractivity contribution in [1.29, 1.82) is 0 Å². The second-order valence-corrected chi connectivity index (χ2v) is 6.72. The van der Waals surface area contributed by atoms with Crippen LogP contribution in [0.4, 0.5) is 9.93 Å². The number of carbonyl (C=O) groups excluding carboxylic acids is 1. The van der Waals surface area contributed by atoms with Crippen molar-refractivity contribution in [2.45, 2.75) is 32.3 Å². The van der Waals surface area contributed by atoms with Crippen LogP contribution in [0.1, 0.15) is 26.5 Å². The average molecular weight is 313 g/mol. The largest absolute Gasteiger partial charge is 0.479 e. The molecule has 1 fully saturated rings. The third-order valence-corrected chi connectivity index (χ3v) is 3.87. The van der Waals surface area contributed by atoms with E-state index in [1.807, 2.05) is 26.2 Å². The summed E-state index contributed by atoms with van der Waals surface area (Å²) >= 11 is 1.36. The number of aromatic nitrogens is 1. The summed E-state index contributed by atoms with van der Waals surface area (Å²) < 4.78 is 5.08. The molecule has 1 aliphatic rings. The van der Waals surface area contributed by atoms with E-state index >= 15 is 0 Å². The summed E-state index contributed by atoms with van der Waals surface area (Å²) in [5.41, 5.74) is 0.834. The fraction of sp³-hybridized carbons (Fsp3) is 0.615. The Hall–Kier alpha value is -1.67. The van der Waals surface area contributed by atoms with Crippen LogP contribution in [0.15, 0.2) is 5.38 Å². The number of aliphatic carboxylic acids is 1. The van der Waals surface area contributed by atoms with E-state index in [1.165, 1.54) is 16.2 Å². The predicted molar refractivity (Wildman–Crippen MR) is 78.8 cm³/mol. The summed E-state index contributed by atoms with van der Waals surface area (Å²) in [6.45, 7) is 6.77. The number of carboxylic acids is 1. The molecular weight excluding hydrogens is 294 g/mol. The number of nitrogens with one attached hydrogen (secondary N) is 1. The third-order valence-electron chi connectivity index (χ3n) is 3.12. The van der Waals surface area contributed by atoms with Crippen molar-refractivity contribution >= 4 is 28.5 Å². The molecule has 0 saturated carbocycles. The number of carbonyl (C=O) groups is 2.